The molecule has 0 saturated heterocycles. The first-order chi connectivity index (χ1) is 16.0. The van der Waals surface area contributed by atoms with Crippen molar-refractivity contribution in [3.8, 4) is 5.75 Å². The highest BCUT2D eigenvalue weighted by Gasteiger charge is 2.42. The van der Waals surface area contributed by atoms with Gasteiger partial charge in [-0.05, 0) is 67.8 Å². The van der Waals surface area contributed by atoms with E-state index in [9.17, 15) is 9.59 Å². The zero-order chi connectivity index (χ0) is 23.4. The molecule has 0 radical (unpaired) electrons. The largest absolute Gasteiger partial charge is 0.497 e. The van der Waals surface area contributed by atoms with Gasteiger partial charge in [0.15, 0.2) is 0 Å². The number of ether oxygens (including phenoxy) is 1. The third-order valence-electron chi connectivity index (χ3n) is 5.85. The standard InChI is InChI=1S/C27H27N3O3/c1-4-29(18-15-20-13-16-28-17-14-20)25-24(21-7-5-19(2)6-8-21)26(31)30(27(25)32)22-9-11-23(33-3)12-10-22/h5-14,16-17H,4,15,18H2,1-3H3. The molecule has 0 spiro atoms. The van der Waals surface area contributed by atoms with Gasteiger partial charge in [0.1, 0.15) is 11.4 Å². The van der Waals surface area contributed by atoms with E-state index in [1.807, 2.05) is 55.1 Å². The maximum atomic E-state index is 13.7. The summed E-state index contributed by atoms with van der Waals surface area (Å²) in [5, 5.41) is 0. The van der Waals surface area contributed by atoms with E-state index < -0.39 is 0 Å². The molecule has 33 heavy (non-hydrogen) atoms. The molecule has 0 fully saturated rings. The summed E-state index contributed by atoms with van der Waals surface area (Å²) < 4.78 is 5.23. The first-order valence-corrected chi connectivity index (χ1v) is 11.0. The van der Waals surface area contributed by atoms with Gasteiger partial charge in [0.2, 0.25) is 0 Å². The van der Waals surface area contributed by atoms with Gasteiger partial charge in [-0.1, -0.05) is 29.8 Å². The van der Waals surface area contributed by atoms with Gasteiger partial charge in [-0.15, -0.1) is 0 Å². The molecule has 2 amide bonds. The molecule has 0 saturated carbocycles. The molecule has 0 unspecified atom stereocenters. The highest BCUT2D eigenvalue weighted by atomic mass is 16.5. The second-order valence-electron chi connectivity index (χ2n) is 7.92. The minimum atomic E-state index is -0.314. The third kappa shape index (κ3) is 4.51. The summed E-state index contributed by atoms with van der Waals surface area (Å²) in [5.41, 5.74) is 4.37. The minimum absolute atomic E-state index is 0.308. The van der Waals surface area contributed by atoms with Gasteiger partial charge < -0.3 is 9.64 Å². The summed E-state index contributed by atoms with van der Waals surface area (Å²) in [5.74, 6) is 0.0426. The van der Waals surface area contributed by atoms with E-state index in [0.29, 0.717) is 35.8 Å². The summed E-state index contributed by atoms with van der Waals surface area (Å²) in [6.07, 6.45) is 4.27. The van der Waals surface area contributed by atoms with Gasteiger partial charge in [0.05, 0.1) is 18.4 Å². The Kier molecular flexibility index (Phi) is 6.54. The van der Waals surface area contributed by atoms with Gasteiger partial charge in [-0.25, -0.2) is 4.90 Å². The van der Waals surface area contributed by atoms with Gasteiger partial charge >= 0.3 is 0 Å². The molecule has 4 rings (SSSR count). The van der Waals surface area contributed by atoms with E-state index in [0.717, 1.165) is 23.1 Å². The van der Waals surface area contributed by atoms with Crippen molar-refractivity contribution in [2.45, 2.75) is 20.3 Å². The molecule has 6 heteroatoms. The molecular weight excluding hydrogens is 414 g/mol. The first kappa shape index (κ1) is 22.3. The molecule has 3 aromatic rings. The van der Waals surface area contributed by atoms with Crippen LogP contribution in [-0.2, 0) is 16.0 Å². The third-order valence-corrected chi connectivity index (χ3v) is 5.85. The van der Waals surface area contributed by atoms with Gasteiger partial charge in [-0.2, -0.15) is 0 Å². The van der Waals surface area contributed by atoms with Crippen LogP contribution in [-0.4, -0.2) is 41.9 Å². The van der Waals surface area contributed by atoms with Crippen LogP contribution in [0.1, 0.15) is 23.6 Å². The highest BCUT2D eigenvalue weighted by Crippen LogP contribution is 2.35. The van der Waals surface area contributed by atoms with Crippen LogP contribution in [0.3, 0.4) is 0 Å². The summed E-state index contributed by atoms with van der Waals surface area (Å²) in [7, 11) is 1.58. The molecule has 1 aliphatic rings. The lowest BCUT2D eigenvalue weighted by molar-refractivity contribution is -0.120. The number of carbonyl (C=O) groups excluding carboxylic acids is 2. The van der Waals surface area contributed by atoms with Crippen molar-refractivity contribution in [3.63, 3.8) is 0 Å². The number of aromatic nitrogens is 1. The number of amides is 2. The van der Waals surface area contributed by atoms with Crippen LogP contribution in [0.15, 0.2) is 78.8 Å². The number of methoxy groups -OCH3 is 1. The van der Waals surface area contributed by atoms with Crippen molar-refractivity contribution in [2.75, 3.05) is 25.1 Å². The number of nitrogens with zero attached hydrogens (tertiary/aromatic N) is 3. The second-order valence-corrected chi connectivity index (χ2v) is 7.92. The molecular formula is C27H27N3O3. The van der Waals surface area contributed by atoms with Crippen molar-refractivity contribution in [1.82, 2.24) is 9.88 Å². The number of pyridine rings is 1. The predicted octanol–water partition coefficient (Wildman–Crippen LogP) is 4.25. The Morgan fingerprint density at radius 2 is 1.58 bits per heavy atom. The summed E-state index contributed by atoms with van der Waals surface area (Å²) in [4.78, 5) is 34.7. The van der Waals surface area contributed by atoms with E-state index in [2.05, 4.69) is 4.98 Å². The fourth-order valence-corrected chi connectivity index (χ4v) is 4.00. The highest BCUT2D eigenvalue weighted by molar-refractivity contribution is 6.45. The smallest absolute Gasteiger partial charge is 0.282 e. The summed E-state index contributed by atoms with van der Waals surface area (Å²) in [6, 6.07) is 18.6. The van der Waals surface area contributed by atoms with Crippen LogP contribution in [0.5, 0.6) is 5.75 Å². The van der Waals surface area contributed by atoms with Crippen molar-refractivity contribution >= 4 is 23.1 Å². The Hall–Kier alpha value is -3.93. The van der Waals surface area contributed by atoms with Crippen LogP contribution in [0.2, 0.25) is 0 Å². The van der Waals surface area contributed by atoms with Crippen molar-refractivity contribution in [1.29, 1.82) is 0 Å². The monoisotopic (exact) mass is 441 g/mol. The average Bonchev–Trinajstić information content (AvgIpc) is 3.11. The molecule has 1 aromatic heterocycles. The number of carbonyl (C=O) groups is 2. The SMILES string of the molecule is CCN(CCc1ccncc1)C1=C(c2ccc(C)cc2)C(=O)N(c2ccc(OC)cc2)C1=O. The van der Waals surface area contributed by atoms with Crippen LogP contribution in [0.4, 0.5) is 5.69 Å². The fourth-order valence-electron chi connectivity index (χ4n) is 4.00. The Balaban J connectivity index is 1.74. The average molecular weight is 442 g/mol. The lowest BCUT2D eigenvalue weighted by atomic mass is 10.0. The van der Waals surface area contributed by atoms with Crippen LogP contribution < -0.4 is 9.64 Å². The van der Waals surface area contributed by atoms with E-state index in [4.69, 9.17) is 4.74 Å². The predicted molar refractivity (Wildman–Crippen MR) is 129 cm³/mol. The van der Waals surface area contributed by atoms with Crippen molar-refractivity contribution in [3.05, 3.63) is 95.4 Å². The molecule has 6 nitrogen and oxygen atoms in total. The van der Waals surface area contributed by atoms with Crippen LogP contribution in [0, 0.1) is 6.92 Å². The molecule has 0 N–H and O–H groups in total. The Morgan fingerprint density at radius 3 is 2.18 bits per heavy atom. The summed E-state index contributed by atoms with van der Waals surface area (Å²) >= 11 is 0. The number of anilines is 1. The lowest BCUT2D eigenvalue weighted by Gasteiger charge is -2.25. The quantitative estimate of drug-likeness (QED) is 0.489. The molecule has 1 aliphatic heterocycles. The van der Waals surface area contributed by atoms with Crippen molar-refractivity contribution < 1.29 is 14.3 Å². The van der Waals surface area contributed by atoms with Gasteiger partial charge in [-0.3, -0.25) is 14.6 Å². The Morgan fingerprint density at radius 1 is 0.909 bits per heavy atom. The fraction of sp³-hybridized carbons (Fsp3) is 0.222. The molecule has 0 aliphatic carbocycles. The number of benzene rings is 2. The molecule has 0 atom stereocenters. The van der Waals surface area contributed by atoms with Crippen molar-refractivity contribution in [2.24, 2.45) is 0 Å². The minimum Gasteiger partial charge on any atom is -0.497 e. The number of imide groups is 1. The maximum absolute atomic E-state index is 13.7. The zero-order valence-corrected chi connectivity index (χ0v) is 19.1. The molecule has 2 heterocycles. The van der Waals surface area contributed by atoms with Gasteiger partial charge in [0.25, 0.3) is 11.8 Å². The Labute approximate surface area is 194 Å². The number of rotatable bonds is 8. The van der Waals surface area contributed by atoms with Gasteiger partial charge in [0, 0.05) is 25.5 Å². The van der Waals surface area contributed by atoms with Crippen LogP contribution in [0.25, 0.3) is 5.57 Å². The van der Waals surface area contributed by atoms with E-state index in [1.165, 1.54) is 4.90 Å². The Bertz CT molecular complexity index is 1170. The number of hydrogen-bond acceptors (Lipinski definition) is 5. The van der Waals surface area contributed by atoms with E-state index in [1.54, 1.807) is 43.8 Å². The molecule has 168 valence electrons. The zero-order valence-electron chi connectivity index (χ0n) is 19.1. The normalized spacial score (nSPS) is 13.6. The topological polar surface area (TPSA) is 62.7 Å². The number of aryl methyl sites for hydroxylation is 1. The lowest BCUT2D eigenvalue weighted by Crippen LogP contribution is -2.36. The maximum Gasteiger partial charge on any atom is 0.282 e. The summed E-state index contributed by atoms with van der Waals surface area (Å²) in [6.45, 7) is 5.21. The molecule has 2 aromatic carbocycles. The molecule has 0 bridgehead atoms. The van der Waals surface area contributed by atoms with Crippen LogP contribution >= 0.6 is 0 Å². The van der Waals surface area contributed by atoms with E-state index in [-0.39, 0.29) is 11.8 Å². The number of likely N-dealkylation sites (N-methyl/N-ethyl adjacent to an activating group) is 1. The number of hydrogen-bond donors (Lipinski definition) is 0. The second kappa shape index (κ2) is 9.69. The van der Waals surface area contributed by atoms with E-state index >= 15 is 0 Å². The first-order valence-electron chi connectivity index (χ1n) is 11.0.